The number of rotatable bonds is 2. The van der Waals surface area contributed by atoms with E-state index < -0.39 is 0 Å². The lowest BCUT2D eigenvalue weighted by molar-refractivity contribution is -0.691. The van der Waals surface area contributed by atoms with Crippen LogP contribution in [0.4, 0.5) is 0 Å². The third-order valence-corrected chi connectivity index (χ3v) is 2.80. The van der Waals surface area contributed by atoms with Crippen LogP contribution in [0.25, 0.3) is 5.65 Å². The summed E-state index contributed by atoms with van der Waals surface area (Å²) in [5.74, 6) is 0.555. The van der Waals surface area contributed by atoms with Gasteiger partial charge in [-0.05, 0) is 19.9 Å². The fourth-order valence-electron chi connectivity index (χ4n) is 1.97. The minimum absolute atomic E-state index is 0. The Bertz CT molecular complexity index is 430. The van der Waals surface area contributed by atoms with E-state index in [9.17, 15) is 0 Å². The minimum Gasteiger partial charge on any atom is -1.00 e. The molecule has 0 spiro atoms. The van der Waals surface area contributed by atoms with Gasteiger partial charge in [0.25, 0.3) is 5.65 Å². The zero-order valence-electron chi connectivity index (χ0n) is 10.3. The van der Waals surface area contributed by atoms with Crippen LogP contribution in [0, 0.1) is 0 Å². The van der Waals surface area contributed by atoms with Crippen molar-refractivity contribution in [2.45, 2.75) is 39.7 Å². The second kappa shape index (κ2) is 5.17. The van der Waals surface area contributed by atoms with Crippen molar-refractivity contribution in [2.24, 2.45) is 0 Å². The van der Waals surface area contributed by atoms with Gasteiger partial charge in [0, 0.05) is 12.0 Å². The van der Waals surface area contributed by atoms with Crippen LogP contribution in [0.3, 0.4) is 0 Å². The normalized spacial score (nSPS) is 11.1. The number of nitrogens with zero attached hydrogens (tertiary/aromatic N) is 2. The van der Waals surface area contributed by atoms with Crippen LogP contribution in [-0.4, -0.2) is 4.40 Å². The van der Waals surface area contributed by atoms with E-state index in [1.54, 1.807) is 0 Å². The van der Waals surface area contributed by atoms with Gasteiger partial charge in [-0.3, -0.25) is 0 Å². The number of halogens is 1. The summed E-state index contributed by atoms with van der Waals surface area (Å²) in [7, 11) is 0. The van der Waals surface area contributed by atoms with Crippen molar-refractivity contribution >= 4 is 5.65 Å². The average Bonchev–Trinajstić information content (AvgIpc) is 2.56. The summed E-state index contributed by atoms with van der Waals surface area (Å²) < 4.78 is 4.61. The third-order valence-electron chi connectivity index (χ3n) is 2.80. The molecule has 0 unspecified atom stereocenters. The van der Waals surface area contributed by atoms with Gasteiger partial charge in [-0.15, -0.1) is 0 Å². The minimum atomic E-state index is 0. The Kier molecular flexibility index (Phi) is 4.35. The van der Waals surface area contributed by atoms with Gasteiger partial charge in [-0.25, -0.2) is 4.57 Å². The number of fused-ring (bicyclic) bond motifs is 1. The summed E-state index contributed by atoms with van der Waals surface area (Å²) in [6, 6.07) is 6.86. The molecule has 16 heavy (non-hydrogen) atoms. The van der Waals surface area contributed by atoms with Crippen molar-refractivity contribution in [3.63, 3.8) is 0 Å². The molecule has 0 radical (unpaired) electrons. The summed E-state index contributed by atoms with van der Waals surface area (Å²) in [6.45, 7) is 8.91. The molecule has 0 aliphatic carbocycles. The maximum absolute atomic E-state index is 2.33. The maximum atomic E-state index is 2.33. The van der Waals surface area contributed by atoms with Gasteiger partial charge in [0.1, 0.15) is 6.20 Å². The van der Waals surface area contributed by atoms with Gasteiger partial charge in [-0.1, -0.05) is 19.9 Å². The smallest absolute Gasteiger partial charge is 0.286 e. The lowest BCUT2D eigenvalue weighted by Gasteiger charge is -1.99. The molecule has 88 valence electrons. The monoisotopic (exact) mass is 330 g/mol. The van der Waals surface area contributed by atoms with Crippen molar-refractivity contribution in [2.75, 3.05) is 0 Å². The second-order valence-corrected chi connectivity index (χ2v) is 4.64. The first-order chi connectivity index (χ1) is 7.11. The van der Waals surface area contributed by atoms with E-state index in [-0.39, 0.29) is 24.0 Å². The fourth-order valence-corrected chi connectivity index (χ4v) is 1.97. The molecule has 0 aliphatic rings. The van der Waals surface area contributed by atoms with Gasteiger partial charge in [0.05, 0.1) is 12.2 Å². The van der Waals surface area contributed by atoms with Crippen LogP contribution in [0.2, 0.25) is 0 Å². The molecule has 0 N–H and O–H groups in total. The lowest BCUT2D eigenvalue weighted by Crippen LogP contribution is -3.00. The van der Waals surface area contributed by atoms with Crippen LogP contribution in [0.1, 0.15) is 45.3 Å². The summed E-state index contributed by atoms with van der Waals surface area (Å²) in [4.78, 5) is 0. The van der Waals surface area contributed by atoms with E-state index in [2.05, 4.69) is 67.3 Å². The highest BCUT2D eigenvalue weighted by atomic mass is 127. The molecule has 2 aromatic heterocycles. The molecule has 2 rings (SSSR count). The van der Waals surface area contributed by atoms with E-state index in [1.165, 1.54) is 11.3 Å². The SMILES string of the molecule is CC(C)c1c[n+](C(C)C)c2ccccn12.[I-]. The molecule has 2 nitrogen and oxygen atoms in total. The van der Waals surface area contributed by atoms with E-state index in [4.69, 9.17) is 0 Å². The zero-order valence-corrected chi connectivity index (χ0v) is 12.5. The first-order valence-electron chi connectivity index (χ1n) is 5.62. The topological polar surface area (TPSA) is 8.29 Å². The molecule has 0 fully saturated rings. The van der Waals surface area contributed by atoms with E-state index in [0.29, 0.717) is 12.0 Å². The summed E-state index contributed by atoms with van der Waals surface area (Å²) in [5, 5.41) is 0. The molecule has 0 saturated heterocycles. The first-order valence-corrected chi connectivity index (χ1v) is 5.62. The molecule has 0 aromatic carbocycles. The molecule has 0 atom stereocenters. The van der Waals surface area contributed by atoms with Crippen molar-refractivity contribution in [3.8, 4) is 0 Å². The van der Waals surface area contributed by atoms with Crippen LogP contribution < -0.4 is 28.5 Å². The van der Waals surface area contributed by atoms with E-state index in [0.717, 1.165) is 0 Å². The van der Waals surface area contributed by atoms with Crippen molar-refractivity contribution in [3.05, 3.63) is 36.3 Å². The number of hydrogen-bond donors (Lipinski definition) is 0. The van der Waals surface area contributed by atoms with Crippen molar-refractivity contribution < 1.29 is 28.5 Å². The molecule has 2 heterocycles. The van der Waals surface area contributed by atoms with Crippen molar-refractivity contribution in [1.82, 2.24) is 4.40 Å². The van der Waals surface area contributed by atoms with Gasteiger partial charge >= 0.3 is 0 Å². The molecule has 0 aliphatic heterocycles. The number of aromatic nitrogens is 2. The molecule has 0 saturated carbocycles. The third kappa shape index (κ3) is 2.24. The van der Waals surface area contributed by atoms with Gasteiger partial charge in [0.15, 0.2) is 5.69 Å². The Labute approximate surface area is 114 Å². The highest BCUT2D eigenvalue weighted by Crippen LogP contribution is 2.16. The Morgan fingerprint density at radius 1 is 1.12 bits per heavy atom. The molecular weight excluding hydrogens is 311 g/mol. The summed E-state index contributed by atoms with van der Waals surface area (Å²) in [6.07, 6.45) is 4.41. The van der Waals surface area contributed by atoms with Crippen LogP contribution in [-0.2, 0) is 0 Å². The predicted molar refractivity (Wildman–Crippen MR) is 62.1 cm³/mol. The standard InChI is InChI=1S/C13H19N2.HI/c1-10(2)12-9-15(11(3)4)13-7-5-6-8-14(12)13;/h5-11H,1-4H3;1H/q+1;/p-1. The van der Waals surface area contributed by atoms with E-state index in [1.807, 2.05) is 0 Å². The Morgan fingerprint density at radius 2 is 1.81 bits per heavy atom. The fraction of sp³-hybridized carbons (Fsp3) is 0.462. The summed E-state index contributed by atoms with van der Waals surface area (Å²) in [5.41, 5.74) is 2.65. The average molecular weight is 330 g/mol. The highest BCUT2D eigenvalue weighted by molar-refractivity contribution is 5.34. The molecule has 0 amide bonds. The number of hydrogen-bond acceptors (Lipinski definition) is 0. The number of imidazole rings is 1. The van der Waals surface area contributed by atoms with Crippen molar-refractivity contribution in [1.29, 1.82) is 0 Å². The van der Waals surface area contributed by atoms with E-state index >= 15 is 0 Å². The van der Waals surface area contributed by atoms with Crippen LogP contribution in [0.5, 0.6) is 0 Å². The Morgan fingerprint density at radius 3 is 2.38 bits per heavy atom. The Hall–Kier alpha value is -0.580. The summed E-state index contributed by atoms with van der Waals surface area (Å²) >= 11 is 0. The van der Waals surface area contributed by atoms with Gasteiger partial charge in [-0.2, -0.15) is 4.40 Å². The Balaban J connectivity index is 0.00000128. The molecular formula is C13H19IN2. The number of pyridine rings is 1. The predicted octanol–water partition coefficient (Wildman–Crippen LogP) is -0.0649. The molecule has 3 heteroatoms. The van der Waals surface area contributed by atoms with Crippen LogP contribution in [0.15, 0.2) is 30.6 Å². The maximum Gasteiger partial charge on any atom is 0.286 e. The molecule has 0 bridgehead atoms. The quantitative estimate of drug-likeness (QED) is 0.539. The van der Waals surface area contributed by atoms with Gasteiger partial charge < -0.3 is 24.0 Å². The molecule has 2 aromatic rings. The zero-order chi connectivity index (χ0) is 11.0. The highest BCUT2D eigenvalue weighted by Gasteiger charge is 2.19. The second-order valence-electron chi connectivity index (χ2n) is 4.64. The van der Waals surface area contributed by atoms with Gasteiger partial charge in [0.2, 0.25) is 0 Å². The lowest BCUT2D eigenvalue weighted by atomic mass is 10.1. The van der Waals surface area contributed by atoms with Crippen LogP contribution >= 0.6 is 0 Å². The first kappa shape index (κ1) is 13.5. The largest absolute Gasteiger partial charge is 1.00 e.